The molecule has 1 aliphatic rings. The molecule has 2 N–H and O–H groups in total. The second-order valence-corrected chi connectivity index (χ2v) is 8.73. The second kappa shape index (κ2) is 9.29. The Kier molecular flexibility index (Phi) is 6.12. The minimum Gasteiger partial charge on any atom is -0.485 e. The lowest BCUT2D eigenvalue weighted by Crippen LogP contribution is -2.58. The summed E-state index contributed by atoms with van der Waals surface area (Å²) in [6, 6.07) is 13.6. The number of aliphatic hydroxyl groups excluding tert-OH is 1. The molecule has 0 aliphatic heterocycles. The van der Waals surface area contributed by atoms with Crippen LogP contribution in [0.2, 0.25) is 0 Å². The van der Waals surface area contributed by atoms with Gasteiger partial charge in [-0.2, -0.15) is 0 Å². The van der Waals surface area contributed by atoms with Gasteiger partial charge in [0.1, 0.15) is 23.9 Å². The Morgan fingerprint density at radius 1 is 1.14 bits per heavy atom. The molecule has 0 saturated heterocycles. The summed E-state index contributed by atoms with van der Waals surface area (Å²) in [5.41, 5.74) is -0.239. The first kappa shape index (κ1) is 24.4. The molecular weight excluding hydrogens is 484 g/mol. The van der Waals surface area contributed by atoms with E-state index in [0.29, 0.717) is 16.8 Å². The molecule has 5 rings (SSSR count). The number of ether oxygens (including phenoxy) is 2. The van der Waals surface area contributed by atoms with Gasteiger partial charge in [-0.3, -0.25) is 9.20 Å². The smallest absolute Gasteiger partial charge is 0.339 e. The van der Waals surface area contributed by atoms with E-state index in [9.17, 15) is 23.5 Å². The van der Waals surface area contributed by atoms with Crippen LogP contribution in [-0.2, 0) is 28.1 Å². The van der Waals surface area contributed by atoms with E-state index in [1.165, 1.54) is 17.6 Å². The zero-order valence-corrected chi connectivity index (χ0v) is 20.0. The molecule has 0 radical (unpaired) electrons. The minimum absolute atomic E-state index is 0.0948. The van der Waals surface area contributed by atoms with E-state index >= 15 is 0 Å². The number of esters is 1. The van der Waals surface area contributed by atoms with Crippen molar-refractivity contribution in [2.75, 3.05) is 7.11 Å². The average molecular weight is 507 g/mol. The van der Waals surface area contributed by atoms with Crippen LogP contribution in [0.5, 0.6) is 5.75 Å². The molecule has 37 heavy (non-hydrogen) atoms. The van der Waals surface area contributed by atoms with Crippen molar-refractivity contribution < 1.29 is 33.0 Å². The lowest BCUT2D eigenvalue weighted by Gasteiger charge is -2.31. The van der Waals surface area contributed by atoms with E-state index in [1.807, 2.05) is 0 Å². The van der Waals surface area contributed by atoms with E-state index in [2.05, 4.69) is 10.3 Å². The average Bonchev–Trinajstić information content (AvgIpc) is 3.37. The molecule has 10 heteroatoms. The Morgan fingerprint density at radius 3 is 2.59 bits per heavy atom. The van der Waals surface area contributed by atoms with Crippen molar-refractivity contribution in [3.8, 4) is 5.75 Å². The molecule has 0 fully saturated rings. The highest BCUT2D eigenvalue weighted by molar-refractivity contribution is 6.00. The van der Waals surface area contributed by atoms with Crippen molar-refractivity contribution in [2.45, 2.75) is 31.6 Å². The van der Waals surface area contributed by atoms with Crippen LogP contribution >= 0.6 is 0 Å². The highest BCUT2D eigenvalue weighted by atomic mass is 19.1. The number of aryl methyl sites for hydroxylation is 1. The predicted octanol–water partition coefficient (Wildman–Crippen LogP) is 3.22. The third-order valence-electron chi connectivity index (χ3n) is 6.61. The van der Waals surface area contributed by atoms with Crippen molar-refractivity contribution in [3.63, 3.8) is 0 Å². The standard InChI is InChI=1S/C27H23F2N3O5/c1-15-23(25(34)31-27(26(35)36-2)18-8-4-3-7-16(18)13-22(27)33)32-12-6-11-21(24(32)30-15)37-14-17-19(28)9-5-10-20(17)29/h3-12,22,33H,13-14H2,1-2H3,(H,31,34). The molecule has 0 saturated carbocycles. The fraction of sp³-hybridized carbons (Fsp3) is 0.222. The molecule has 2 unspecified atom stereocenters. The van der Waals surface area contributed by atoms with E-state index in [-0.39, 0.29) is 35.7 Å². The van der Waals surface area contributed by atoms with Gasteiger partial charge in [0.25, 0.3) is 5.91 Å². The fourth-order valence-corrected chi connectivity index (χ4v) is 4.83. The minimum atomic E-state index is -1.81. The number of nitrogens with zero attached hydrogens (tertiary/aromatic N) is 2. The summed E-state index contributed by atoms with van der Waals surface area (Å²) in [5.74, 6) is -2.77. The monoisotopic (exact) mass is 507 g/mol. The quantitative estimate of drug-likeness (QED) is 0.389. The van der Waals surface area contributed by atoms with Crippen molar-refractivity contribution in [1.82, 2.24) is 14.7 Å². The maximum absolute atomic E-state index is 14.1. The zero-order chi connectivity index (χ0) is 26.3. The number of hydrogen-bond acceptors (Lipinski definition) is 6. The second-order valence-electron chi connectivity index (χ2n) is 8.73. The van der Waals surface area contributed by atoms with Crippen LogP contribution in [-0.4, -0.2) is 39.6 Å². The summed E-state index contributed by atoms with van der Waals surface area (Å²) in [7, 11) is 1.19. The van der Waals surface area contributed by atoms with E-state index in [0.717, 1.165) is 12.1 Å². The van der Waals surface area contributed by atoms with Gasteiger partial charge in [0, 0.05) is 12.6 Å². The normalized spacial score (nSPS) is 18.5. The van der Waals surface area contributed by atoms with Crippen LogP contribution in [0.3, 0.4) is 0 Å². The number of nitrogens with one attached hydrogen (secondary N) is 1. The predicted molar refractivity (Wildman–Crippen MR) is 128 cm³/mol. The first-order chi connectivity index (χ1) is 17.8. The number of amides is 1. The Bertz CT molecular complexity index is 1520. The molecule has 1 aliphatic carbocycles. The molecule has 1 amide bonds. The van der Waals surface area contributed by atoms with Gasteiger partial charge in [-0.15, -0.1) is 0 Å². The van der Waals surface area contributed by atoms with Crippen LogP contribution in [0.15, 0.2) is 60.8 Å². The molecular formula is C27H23F2N3O5. The first-order valence-electron chi connectivity index (χ1n) is 11.5. The summed E-state index contributed by atoms with van der Waals surface area (Å²) in [6.07, 6.45) is 0.475. The Hall–Kier alpha value is -4.31. The first-order valence-corrected chi connectivity index (χ1v) is 11.5. The third-order valence-corrected chi connectivity index (χ3v) is 6.61. The van der Waals surface area contributed by atoms with Gasteiger partial charge < -0.3 is 19.9 Å². The molecule has 2 aromatic carbocycles. The van der Waals surface area contributed by atoms with Gasteiger partial charge in [-0.05, 0) is 42.3 Å². The third kappa shape index (κ3) is 3.89. The van der Waals surface area contributed by atoms with Crippen molar-refractivity contribution in [3.05, 3.63) is 101 Å². The summed E-state index contributed by atoms with van der Waals surface area (Å²) in [6.45, 7) is 1.21. The lowest BCUT2D eigenvalue weighted by molar-refractivity contribution is -0.153. The summed E-state index contributed by atoms with van der Waals surface area (Å²) in [5, 5.41) is 13.7. The molecule has 0 bridgehead atoms. The number of hydrogen-bond donors (Lipinski definition) is 2. The van der Waals surface area contributed by atoms with Crippen molar-refractivity contribution >= 4 is 17.5 Å². The number of aliphatic hydroxyl groups is 1. The maximum atomic E-state index is 14.1. The van der Waals surface area contributed by atoms with Crippen LogP contribution in [0.1, 0.15) is 32.9 Å². The van der Waals surface area contributed by atoms with E-state index in [4.69, 9.17) is 9.47 Å². The number of rotatable bonds is 6. The molecule has 0 spiro atoms. The van der Waals surface area contributed by atoms with Crippen molar-refractivity contribution in [2.24, 2.45) is 0 Å². The number of benzene rings is 2. The SMILES string of the molecule is COC(=O)C1(NC(=O)c2c(C)nc3c(OCc4c(F)cccc4F)cccn23)c2ccccc2CC1O. The largest absolute Gasteiger partial charge is 0.485 e. The van der Waals surface area contributed by atoms with E-state index < -0.39 is 35.2 Å². The van der Waals surface area contributed by atoms with Crippen LogP contribution in [0.4, 0.5) is 8.78 Å². The topological polar surface area (TPSA) is 102 Å². The Balaban J connectivity index is 1.51. The van der Waals surface area contributed by atoms with Crippen molar-refractivity contribution in [1.29, 1.82) is 0 Å². The number of fused-ring (bicyclic) bond motifs is 2. The molecule has 190 valence electrons. The molecule has 2 heterocycles. The Labute approximate surface area is 210 Å². The lowest BCUT2D eigenvalue weighted by atomic mass is 9.89. The number of carbonyl (C=O) groups is 2. The van der Waals surface area contributed by atoms with Crippen LogP contribution in [0.25, 0.3) is 5.65 Å². The molecule has 4 aromatic rings. The summed E-state index contributed by atoms with van der Waals surface area (Å²) >= 11 is 0. The highest BCUT2D eigenvalue weighted by Gasteiger charge is 2.54. The van der Waals surface area contributed by atoms with Gasteiger partial charge in [0.05, 0.1) is 24.5 Å². The summed E-state index contributed by atoms with van der Waals surface area (Å²) in [4.78, 5) is 31.0. The van der Waals surface area contributed by atoms with Gasteiger partial charge in [0.15, 0.2) is 16.9 Å². The Morgan fingerprint density at radius 2 is 1.86 bits per heavy atom. The van der Waals surface area contributed by atoms with Gasteiger partial charge in [-0.25, -0.2) is 18.6 Å². The number of methoxy groups -OCH3 is 1. The van der Waals surface area contributed by atoms with Gasteiger partial charge in [0.2, 0.25) is 0 Å². The van der Waals surface area contributed by atoms with Gasteiger partial charge in [-0.1, -0.05) is 30.3 Å². The van der Waals surface area contributed by atoms with Crippen LogP contribution < -0.4 is 10.1 Å². The number of carbonyl (C=O) groups excluding carboxylic acids is 2. The van der Waals surface area contributed by atoms with Gasteiger partial charge >= 0.3 is 5.97 Å². The fourth-order valence-electron chi connectivity index (χ4n) is 4.83. The molecule has 2 atom stereocenters. The number of pyridine rings is 1. The highest BCUT2D eigenvalue weighted by Crippen LogP contribution is 2.39. The van der Waals surface area contributed by atoms with Crippen LogP contribution in [0, 0.1) is 18.6 Å². The molecule has 8 nitrogen and oxygen atoms in total. The van der Waals surface area contributed by atoms with E-state index in [1.54, 1.807) is 49.5 Å². The number of aromatic nitrogens is 2. The zero-order valence-electron chi connectivity index (χ0n) is 20.0. The number of imidazole rings is 1. The maximum Gasteiger partial charge on any atom is 0.339 e. The summed E-state index contributed by atoms with van der Waals surface area (Å²) < 4.78 is 40.2. The molecule has 2 aromatic heterocycles. The number of halogens is 2.